The molecule has 0 fully saturated rings. The van der Waals surface area contributed by atoms with E-state index >= 15 is 0 Å². The van der Waals surface area contributed by atoms with E-state index in [1.165, 1.54) is 10.9 Å². The first-order valence-electron chi connectivity index (χ1n) is 3.78. The molecule has 1 rings (SSSR count). The summed E-state index contributed by atoms with van der Waals surface area (Å²) in [6, 6.07) is 0. The predicted octanol–water partition coefficient (Wildman–Crippen LogP) is -0.788. The average molecular weight is 182 g/mol. The van der Waals surface area contributed by atoms with Crippen LogP contribution in [-0.2, 0) is 11.3 Å². The van der Waals surface area contributed by atoms with E-state index < -0.39 is 5.91 Å². The maximum Gasteiger partial charge on any atom is 0.222 e. The van der Waals surface area contributed by atoms with Crippen LogP contribution in [0, 0.1) is 5.92 Å². The van der Waals surface area contributed by atoms with Gasteiger partial charge in [-0.3, -0.25) is 14.3 Å². The number of primary amides is 1. The van der Waals surface area contributed by atoms with Crippen molar-refractivity contribution in [3.8, 4) is 0 Å². The third-order valence-electron chi connectivity index (χ3n) is 1.62. The minimum absolute atomic E-state index is 0.247. The first-order valence-corrected chi connectivity index (χ1v) is 3.78. The molecule has 1 aromatic rings. The van der Waals surface area contributed by atoms with Gasteiger partial charge in [0.25, 0.3) is 0 Å². The lowest BCUT2D eigenvalue weighted by molar-refractivity contribution is -0.121. The Bertz CT molecular complexity index is 320. The molecule has 0 bridgehead atoms. The first kappa shape index (κ1) is 9.37. The average Bonchev–Trinajstić information content (AvgIpc) is 2.52. The van der Waals surface area contributed by atoms with E-state index in [1.54, 1.807) is 6.92 Å². The summed E-state index contributed by atoms with van der Waals surface area (Å²) in [6.45, 7) is 2.03. The summed E-state index contributed by atoms with van der Waals surface area (Å²) in [6.07, 6.45) is 2.06. The second kappa shape index (κ2) is 3.79. The van der Waals surface area contributed by atoms with Crippen molar-refractivity contribution in [2.75, 3.05) is 0 Å². The van der Waals surface area contributed by atoms with Crippen molar-refractivity contribution >= 4 is 12.2 Å². The van der Waals surface area contributed by atoms with Crippen molar-refractivity contribution in [3.63, 3.8) is 0 Å². The summed E-state index contributed by atoms with van der Waals surface area (Å²) < 4.78 is 1.42. The van der Waals surface area contributed by atoms with Crippen molar-refractivity contribution in [1.29, 1.82) is 0 Å². The molecular formula is C7H10N4O2. The van der Waals surface area contributed by atoms with Gasteiger partial charge in [0, 0.05) is 0 Å². The Morgan fingerprint density at radius 1 is 1.85 bits per heavy atom. The van der Waals surface area contributed by atoms with E-state index in [0.29, 0.717) is 12.8 Å². The molecule has 1 atom stereocenters. The van der Waals surface area contributed by atoms with Crippen LogP contribution in [0.4, 0.5) is 0 Å². The maximum atomic E-state index is 10.7. The number of carbonyl (C=O) groups excluding carboxylic acids is 2. The number of nitrogens with zero attached hydrogens (tertiary/aromatic N) is 3. The van der Waals surface area contributed by atoms with Gasteiger partial charge in [-0.2, -0.15) is 0 Å². The topological polar surface area (TPSA) is 90.9 Å². The first-order chi connectivity index (χ1) is 6.13. The molecule has 0 aliphatic heterocycles. The Hall–Kier alpha value is -1.72. The molecule has 70 valence electrons. The number of hydrogen-bond donors (Lipinski definition) is 1. The second-order valence-electron chi connectivity index (χ2n) is 2.79. The lowest BCUT2D eigenvalue weighted by Gasteiger charge is -2.04. The number of hydrogen-bond acceptors (Lipinski definition) is 4. The van der Waals surface area contributed by atoms with Crippen LogP contribution in [0.1, 0.15) is 17.4 Å². The standard InChI is InChI=1S/C7H10N4O2/c1-5(7(8)13)2-11-3-6(4-12)9-10-11/h3-5H,2H2,1H3,(H2,8,13). The van der Waals surface area contributed by atoms with Gasteiger partial charge in [-0.15, -0.1) is 5.10 Å². The van der Waals surface area contributed by atoms with E-state index in [0.717, 1.165) is 0 Å². The normalized spacial score (nSPS) is 12.4. The molecule has 0 saturated carbocycles. The minimum Gasteiger partial charge on any atom is -0.369 e. The lowest BCUT2D eigenvalue weighted by atomic mass is 10.2. The maximum absolute atomic E-state index is 10.7. The van der Waals surface area contributed by atoms with Gasteiger partial charge in [0.1, 0.15) is 5.69 Å². The highest BCUT2D eigenvalue weighted by Gasteiger charge is 2.10. The van der Waals surface area contributed by atoms with Gasteiger partial charge in [0.05, 0.1) is 18.7 Å². The van der Waals surface area contributed by atoms with Crippen LogP contribution >= 0.6 is 0 Å². The van der Waals surface area contributed by atoms with Crippen LogP contribution in [0.25, 0.3) is 0 Å². The van der Waals surface area contributed by atoms with Crippen LogP contribution in [0.15, 0.2) is 6.20 Å². The van der Waals surface area contributed by atoms with Crippen LogP contribution in [0.2, 0.25) is 0 Å². The molecule has 6 heteroatoms. The fourth-order valence-corrected chi connectivity index (χ4v) is 0.827. The van der Waals surface area contributed by atoms with Crippen LogP contribution in [-0.4, -0.2) is 27.2 Å². The quantitative estimate of drug-likeness (QED) is 0.618. The molecule has 13 heavy (non-hydrogen) atoms. The van der Waals surface area contributed by atoms with Crippen molar-refractivity contribution in [2.24, 2.45) is 11.7 Å². The van der Waals surface area contributed by atoms with Crippen molar-refractivity contribution in [1.82, 2.24) is 15.0 Å². The molecular weight excluding hydrogens is 172 g/mol. The molecule has 0 aromatic carbocycles. The summed E-state index contributed by atoms with van der Waals surface area (Å²) in [5.74, 6) is -0.718. The van der Waals surface area contributed by atoms with Gasteiger partial charge in [-0.05, 0) is 0 Å². The van der Waals surface area contributed by atoms with E-state index in [-0.39, 0.29) is 11.6 Å². The third kappa shape index (κ3) is 2.36. The van der Waals surface area contributed by atoms with Gasteiger partial charge >= 0.3 is 0 Å². The van der Waals surface area contributed by atoms with Gasteiger partial charge in [0.2, 0.25) is 5.91 Å². The highest BCUT2D eigenvalue weighted by molar-refractivity contribution is 5.76. The van der Waals surface area contributed by atoms with Gasteiger partial charge in [-0.1, -0.05) is 12.1 Å². The zero-order valence-electron chi connectivity index (χ0n) is 7.17. The number of aromatic nitrogens is 3. The second-order valence-corrected chi connectivity index (χ2v) is 2.79. The number of rotatable bonds is 4. The number of nitrogens with two attached hydrogens (primary N) is 1. The summed E-state index contributed by atoms with van der Waals surface area (Å²) in [7, 11) is 0. The zero-order chi connectivity index (χ0) is 9.84. The summed E-state index contributed by atoms with van der Waals surface area (Å²) in [5, 5.41) is 7.18. The molecule has 2 N–H and O–H groups in total. The molecule has 6 nitrogen and oxygen atoms in total. The molecule has 0 aliphatic carbocycles. The third-order valence-corrected chi connectivity index (χ3v) is 1.62. The molecule has 1 heterocycles. The van der Waals surface area contributed by atoms with Crippen molar-refractivity contribution in [2.45, 2.75) is 13.5 Å². The van der Waals surface area contributed by atoms with Crippen LogP contribution in [0.5, 0.6) is 0 Å². The zero-order valence-corrected chi connectivity index (χ0v) is 7.17. The largest absolute Gasteiger partial charge is 0.369 e. The Morgan fingerprint density at radius 2 is 2.54 bits per heavy atom. The highest BCUT2D eigenvalue weighted by atomic mass is 16.1. The molecule has 1 aromatic heterocycles. The number of carbonyl (C=O) groups is 2. The van der Waals surface area contributed by atoms with E-state index in [1.807, 2.05) is 0 Å². The lowest BCUT2D eigenvalue weighted by Crippen LogP contribution is -2.24. The highest BCUT2D eigenvalue weighted by Crippen LogP contribution is 1.98. The summed E-state index contributed by atoms with van der Waals surface area (Å²) >= 11 is 0. The minimum atomic E-state index is -0.400. The smallest absolute Gasteiger partial charge is 0.222 e. The van der Waals surface area contributed by atoms with Gasteiger partial charge < -0.3 is 5.73 Å². The number of amides is 1. The van der Waals surface area contributed by atoms with E-state index in [9.17, 15) is 9.59 Å². The fraction of sp³-hybridized carbons (Fsp3) is 0.429. The van der Waals surface area contributed by atoms with Crippen LogP contribution in [0.3, 0.4) is 0 Å². The molecule has 0 spiro atoms. The van der Waals surface area contributed by atoms with Gasteiger partial charge in [0.15, 0.2) is 6.29 Å². The van der Waals surface area contributed by atoms with Crippen LogP contribution < -0.4 is 5.73 Å². The molecule has 0 aliphatic rings. The Balaban J connectivity index is 2.63. The summed E-state index contributed by atoms with van der Waals surface area (Å²) in [5.41, 5.74) is 5.30. The molecule has 0 radical (unpaired) electrons. The molecule has 1 unspecified atom stereocenters. The summed E-state index contributed by atoms with van der Waals surface area (Å²) in [4.78, 5) is 20.9. The SMILES string of the molecule is CC(Cn1cc(C=O)nn1)C(N)=O. The fourth-order valence-electron chi connectivity index (χ4n) is 0.827. The number of aldehydes is 1. The van der Waals surface area contributed by atoms with Crippen molar-refractivity contribution < 1.29 is 9.59 Å². The Labute approximate surface area is 74.7 Å². The van der Waals surface area contributed by atoms with E-state index in [4.69, 9.17) is 5.73 Å². The Morgan fingerprint density at radius 3 is 3.00 bits per heavy atom. The molecule has 1 amide bonds. The Kier molecular flexibility index (Phi) is 2.73. The molecule has 0 saturated heterocycles. The monoisotopic (exact) mass is 182 g/mol. The van der Waals surface area contributed by atoms with Crippen molar-refractivity contribution in [3.05, 3.63) is 11.9 Å². The van der Waals surface area contributed by atoms with E-state index in [2.05, 4.69) is 10.3 Å². The van der Waals surface area contributed by atoms with Gasteiger partial charge in [-0.25, -0.2) is 0 Å². The predicted molar refractivity (Wildman–Crippen MR) is 43.8 cm³/mol.